The van der Waals surface area contributed by atoms with Crippen molar-refractivity contribution in [2.75, 3.05) is 0 Å². The summed E-state index contributed by atoms with van der Waals surface area (Å²) in [5, 5.41) is 1.98. The number of nitrogens with zero attached hydrogens (tertiary/aromatic N) is 6. The Bertz CT molecular complexity index is 2690. The fraction of sp³-hybridized carbons (Fsp3) is 0.429. The summed E-state index contributed by atoms with van der Waals surface area (Å²) in [4.78, 5) is 144. The molecule has 1 unspecified atom stereocenters. The number of fused-ring (bicyclic) bond motifs is 3. The van der Waals surface area contributed by atoms with Crippen molar-refractivity contribution in [1.29, 1.82) is 0 Å². The molecule has 3 fully saturated rings. The lowest BCUT2D eigenvalue weighted by Gasteiger charge is -2.18. The quantitative estimate of drug-likeness (QED) is 0.182. The minimum Gasteiger partial charge on any atom is -0.280 e. The van der Waals surface area contributed by atoms with Crippen molar-refractivity contribution in [3.63, 3.8) is 0 Å². The second-order valence-corrected chi connectivity index (χ2v) is 19.9. The van der Waals surface area contributed by atoms with Gasteiger partial charge in [-0.25, -0.2) is 0 Å². The van der Waals surface area contributed by atoms with E-state index in [2.05, 4.69) is 6.58 Å². The summed E-state index contributed by atoms with van der Waals surface area (Å²) < 4.78 is 0. The van der Waals surface area contributed by atoms with E-state index in [9.17, 15) is 57.5 Å². The van der Waals surface area contributed by atoms with Crippen LogP contribution in [0.4, 0.5) is 0 Å². The number of likely N-dealkylation sites (tertiary alicyclic amines) is 3. The number of hydrogen-bond donors (Lipinski definition) is 0. The molecule has 6 aliphatic rings. The maximum atomic E-state index is 12.2. The minimum atomic E-state index is -0.218. The molecule has 18 nitrogen and oxygen atoms in total. The number of rotatable bonds is 6. The highest BCUT2D eigenvalue weighted by Gasteiger charge is 2.39. The first-order valence-corrected chi connectivity index (χ1v) is 24.7. The Labute approximate surface area is 432 Å². The van der Waals surface area contributed by atoms with E-state index in [1.165, 1.54) is 41.6 Å². The van der Waals surface area contributed by atoms with E-state index in [-0.39, 0.29) is 119 Å². The van der Waals surface area contributed by atoms with E-state index in [0.29, 0.717) is 47.1 Å². The molecular formula is C56H68N6O12. The number of benzene rings is 3. The zero-order chi connectivity index (χ0) is 55.8. The predicted molar refractivity (Wildman–Crippen MR) is 276 cm³/mol. The molecule has 3 aromatic rings. The third-order valence-electron chi connectivity index (χ3n) is 12.2. The van der Waals surface area contributed by atoms with Gasteiger partial charge in [-0.3, -0.25) is 86.9 Å². The second-order valence-electron chi connectivity index (χ2n) is 19.9. The normalized spacial score (nSPS) is 18.0. The molecule has 0 N–H and O–H groups in total. The van der Waals surface area contributed by atoms with Crippen molar-refractivity contribution in [1.82, 2.24) is 29.4 Å². The predicted octanol–water partition coefficient (Wildman–Crippen LogP) is 6.90. The third-order valence-corrected chi connectivity index (χ3v) is 12.2. The second kappa shape index (κ2) is 24.8. The van der Waals surface area contributed by atoms with Gasteiger partial charge in [0.25, 0.3) is 41.4 Å². The summed E-state index contributed by atoms with van der Waals surface area (Å²) in [6, 6.07) is 18.1. The van der Waals surface area contributed by atoms with Crippen LogP contribution in [0.25, 0.3) is 10.8 Å². The molecule has 0 bridgehead atoms. The van der Waals surface area contributed by atoms with Crippen LogP contribution in [0.2, 0.25) is 0 Å². The van der Waals surface area contributed by atoms with Gasteiger partial charge in [-0.2, -0.15) is 0 Å². The molecule has 12 amide bonds. The van der Waals surface area contributed by atoms with Gasteiger partial charge in [-0.1, -0.05) is 49.9 Å². The van der Waals surface area contributed by atoms with E-state index < -0.39 is 0 Å². The minimum absolute atomic E-state index is 0.0138. The molecule has 74 heavy (non-hydrogen) atoms. The molecule has 9 rings (SSSR count). The average Bonchev–Trinajstić information content (AvgIpc) is 4.11. The molecule has 3 saturated heterocycles. The number of hydrogen-bond acceptors (Lipinski definition) is 12. The highest BCUT2D eigenvalue weighted by Crippen LogP contribution is 2.29. The third kappa shape index (κ3) is 13.1. The van der Waals surface area contributed by atoms with Crippen LogP contribution < -0.4 is 0 Å². The summed E-state index contributed by atoms with van der Waals surface area (Å²) in [6.45, 7) is 27.3. The van der Waals surface area contributed by atoms with E-state index in [0.717, 1.165) is 10.8 Å². The maximum Gasteiger partial charge on any atom is 0.261 e. The monoisotopic (exact) mass is 1020 g/mol. The molecule has 394 valence electrons. The van der Waals surface area contributed by atoms with E-state index in [1.807, 2.05) is 119 Å². The van der Waals surface area contributed by atoms with Crippen LogP contribution in [0, 0.1) is 5.92 Å². The lowest BCUT2D eigenvalue weighted by molar-refractivity contribution is -0.142. The molecule has 0 spiro atoms. The van der Waals surface area contributed by atoms with Gasteiger partial charge >= 0.3 is 0 Å². The van der Waals surface area contributed by atoms with Crippen LogP contribution in [0.1, 0.15) is 157 Å². The first-order chi connectivity index (χ1) is 34.5. The molecule has 1 atom stereocenters. The van der Waals surface area contributed by atoms with Gasteiger partial charge < -0.3 is 0 Å². The van der Waals surface area contributed by atoms with Crippen LogP contribution in [0.5, 0.6) is 0 Å². The summed E-state index contributed by atoms with van der Waals surface area (Å²) in [5.41, 5.74) is 2.49. The van der Waals surface area contributed by atoms with Gasteiger partial charge in [-0.05, 0) is 118 Å². The van der Waals surface area contributed by atoms with E-state index in [1.54, 1.807) is 31.2 Å². The first-order valence-electron chi connectivity index (χ1n) is 24.7. The van der Waals surface area contributed by atoms with Crippen LogP contribution in [-0.4, -0.2) is 137 Å². The van der Waals surface area contributed by atoms with Gasteiger partial charge in [0.05, 0.1) is 28.7 Å². The smallest absolute Gasteiger partial charge is 0.261 e. The Morgan fingerprint density at radius 1 is 0.405 bits per heavy atom. The number of carbonyl (C=O) groups excluding carboxylic acids is 12. The Kier molecular flexibility index (Phi) is 19.7. The Balaban J connectivity index is 0.000000195. The van der Waals surface area contributed by atoms with Crippen LogP contribution in [-0.2, 0) is 38.4 Å². The zero-order valence-electron chi connectivity index (χ0n) is 44.6. The number of imide groups is 6. The maximum absolute atomic E-state index is 12.2. The molecule has 3 aromatic carbocycles. The van der Waals surface area contributed by atoms with Gasteiger partial charge in [0.15, 0.2) is 0 Å². The van der Waals surface area contributed by atoms with Gasteiger partial charge in [0, 0.05) is 79.2 Å². The molecule has 6 heterocycles. The molecular weight excluding hydrogens is 949 g/mol. The van der Waals surface area contributed by atoms with Crippen LogP contribution in [0.15, 0.2) is 85.0 Å². The fourth-order valence-corrected chi connectivity index (χ4v) is 8.68. The Morgan fingerprint density at radius 2 is 0.757 bits per heavy atom. The summed E-state index contributed by atoms with van der Waals surface area (Å²) in [5.74, 6) is -1.71. The van der Waals surface area contributed by atoms with E-state index >= 15 is 0 Å². The van der Waals surface area contributed by atoms with Crippen molar-refractivity contribution in [2.24, 2.45) is 5.92 Å². The first kappa shape index (κ1) is 58.8. The molecule has 6 aliphatic heterocycles. The Morgan fingerprint density at radius 3 is 1.01 bits per heavy atom. The summed E-state index contributed by atoms with van der Waals surface area (Å²) in [6.07, 6.45) is 3.96. The van der Waals surface area contributed by atoms with Crippen molar-refractivity contribution in [3.8, 4) is 0 Å². The van der Waals surface area contributed by atoms with Crippen LogP contribution >= 0.6 is 0 Å². The van der Waals surface area contributed by atoms with Gasteiger partial charge in [0.2, 0.25) is 29.5 Å². The van der Waals surface area contributed by atoms with Crippen molar-refractivity contribution in [2.45, 2.75) is 152 Å². The van der Waals surface area contributed by atoms with E-state index in [4.69, 9.17) is 0 Å². The van der Waals surface area contributed by atoms with Crippen molar-refractivity contribution in [3.05, 3.63) is 107 Å². The zero-order valence-corrected chi connectivity index (χ0v) is 44.6. The molecule has 0 aromatic heterocycles. The molecule has 18 heteroatoms. The molecule has 0 saturated carbocycles. The van der Waals surface area contributed by atoms with Gasteiger partial charge in [-0.15, -0.1) is 0 Å². The topological polar surface area (TPSA) is 224 Å². The van der Waals surface area contributed by atoms with Crippen molar-refractivity contribution < 1.29 is 57.5 Å². The van der Waals surface area contributed by atoms with Crippen LogP contribution in [0.3, 0.4) is 0 Å². The summed E-state index contributed by atoms with van der Waals surface area (Å²) in [7, 11) is 0. The standard InChI is InChI=1S/C15H13NO2.C11H11NO2.C8H13NO2.C8H11NO2.C7H11NO2.C7H9NO2/c1-9(2)16-14(17)12-7-10-5-3-4-6-11(10)8-13(12)15(16)18;1-7(2)12-10(13)8-5-3-4-6-9(8)11(12)14;2*1-5(2)9-7(10)4-6(3)8(9)11;2*1-5(2)8-6(9)3-4-7(8)10/h3-9H,1-2H3;3-7H,1-2H3;5-6H,4H2,1-3H3;5H,3-4H2,1-2H3;5H,3-4H2,1-2H3;3-5H,1-2H3. The fourth-order valence-electron chi connectivity index (χ4n) is 8.68. The molecule has 0 radical (unpaired) electrons. The highest BCUT2D eigenvalue weighted by atomic mass is 16.2. The largest absolute Gasteiger partial charge is 0.280 e. The summed E-state index contributed by atoms with van der Waals surface area (Å²) >= 11 is 0. The lowest BCUT2D eigenvalue weighted by atomic mass is 10.0. The SMILES string of the molecule is C=C1CC(=O)N(C(C)C)C1=O.CC(C)N1C(=O)C=CC1=O.CC(C)N1C(=O)CCC1=O.CC(C)N1C(=O)c2cc3ccccc3cc2C1=O.CC(C)N1C(=O)c2ccccc2C1=O.CC1CC(=O)N(C(C)C)C1=O. The average molecular weight is 1020 g/mol. The number of amides is 12. The highest BCUT2D eigenvalue weighted by molar-refractivity contribution is 6.23. The Hall–Kier alpha value is -7.76. The molecule has 0 aliphatic carbocycles. The van der Waals surface area contributed by atoms with Gasteiger partial charge in [0.1, 0.15) is 0 Å². The number of carbonyl (C=O) groups is 12. The lowest BCUT2D eigenvalue weighted by Crippen LogP contribution is -2.36. The van der Waals surface area contributed by atoms with Crippen molar-refractivity contribution >= 4 is 81.7 Å².